The molecule has 0 saturated carbocycles. The Morgan fingerprint density at radius 3 is 3.00 bits per heavy atom. The Bertz CT molecular complexity index is 452. The maximum Gasteiger partial charge on any atom is 0.128 e. The van der Waals surface area contributed by atoms with Gasteiger partial charge in [0.05, 0.1) is 4.70 Å². The van der Waals surface area contributed by atoms with Crippen LogP contribution in [0.3, 0.4) is 0 Å². The Balaban J connectivity index is 2.85. The third-order valence-electron chi connectivity index (χ3n) is 1.89. The van der Waals surface area contributed by atoms with Crippen molar-refractivity contribution in [1.29, 1.82) is 0 Å². The molecule has 68 valence electrons. The summed E-state index contributed by atoms with van der Waals surface area (Å²) in [6.07, 6.45) is 0. The molecule has 1 aromatic heterocycles. The van der Waals surface area contributed by atoms with E-state index in [1.54, 1.807) is 11.3 Å². The van der Waals surface area contributed by atoms with Gasteiger partial charge in [-0.15, -0.1) is 11.3 Å². The van der Waals surface area contributed by atoms with E-state index in [2.05, 4.69) is 38.5 Å². The maximum atomic E-state index is 9.84. The summed E-state index contributed by atoms with van der Waals surface area (Å²) >= 11 is 7.32. The highest BCUT2D eigenvalue weighted by molar-refractivity contribution is 14.1. The first-order valence-electron chi connectivity index (χ1n) is 3.67. The number of hydrogen-bond donors (Lipinski definition) is 1. The standard InChI is InChI=1S/C9H6BrIOS/c10-4-5-3-7(11)9-6(8(5)12)1-2-13-9/h1-3,12H,4H2. The largest absolute Gasteiger partial charge is 0.507 e. The molecule has 1 nitrogen and oxygen atoms in total. The normalized spacial score (nSPS) is 10.9. The molecule has 2 rings (SSSR count). The van der Waals surface area contributed by atoms with Crippen LogP contribution in [-0.4, -0.2) is 5.11 Å². The first-order valence-corrected chi connectivity index (χ1v) is 6.75. The molecular weight excluding hydrogens is 363 g/mol. The molecule has 13 heavy (non-hydrogen) atoms. The smallest absolute Gasteiger partial charge is 0.128 e. The van der Waals surface area contributed by atoms with Gasteiger partial charge in [0.2, 0.25) is 0 Å². The maximum absolute atomic E-state index is 9.84. The van der Waals surface area contributed by atoms with Gasteiger partial charge in [0, 0.05) is 19.8 Å². The minimum atomic E-state index is 0.411. The summed E-state index contributed by atoms with van der Waals surface area (Å²) in [5.41, 5.74) is 0.954. The van der Waals surface area contributed by atoms with Crippen LogP contribution < -0.4 is 0 Å². The number of benzene rings is 1. The van der Waals surface area contributed by atoms with E-state index in [9.17, 15) is 5.11 Å². The molecule has 1 N–H and O–H groups in total. The number of hydrogen-bond acceptors (Lipinski definition) is 2. The average Bonchev–Trinajstić information content (AvgIpc) is 2.60. The lowest BCUT2D eigenvalue weighted by atomic mass is 10.1. The average molecular weight is 369 g/mol. The number of alkyl halides is 1. The van der Waals surface area contributed by atoms with Crippen molar-refractivity contribution in [1.82, 2.24) is 0 Å². The fraction of sp³-hybridized carbons (Fsp3) is 0.111. The fourth-order valence-corrected chi connectivity index (χ4v) is 3.52. The van der Waals surface area contributed by atoms with Gasteiger partial charge in [0.15, 0.2) is 0 Å². The third-order valence-corrected chi connectivity index (χ3v) is 4.65. The van der Waals surface area contributed by atoms with Gasteiger partial charge >= 0.3 is 0 Å². The van der Waals surface area contributed by atoms with Crippen molar-refractivity contribution in [2.24, 2.45) is 0 Å². The molecular formula is C9H6BrIOS. The van der Waals surface area contributed by atoms with E-state index < -0.39 is 0 Å². The zero-order chi connectivity index (χ0) is 9.42. The molecule has 0 radical (unpaired) electrons. The minimum absolute atomic E-state index is 0.411. The highest BCUT2D eigenvalue weighted by atomic mass is 127. The molecule has 1 aromatic carbocycles. The lowest BCUT2D eigenvalue weighted by Gasteiger charge is -2.03. The van der Waals surface area contributed by atoms with Crippen molar-refractivity contribution < 1.29 is 5.11 Å². The van der Waals surface area contributed by atoms with Crippen LogP contribution in [-0.2, 0) is 5.33 Å². The van der Waals surface area contributed by atoms with Gasteiger partial charge in [0.25, 0.3) is 0 Å². The van der Waals surface area contributed by atoms with Crippen molar-refractivity contribution in [3.63, 3.8) is 0 Å². The summed E-state index contributed by atoms with van der Waals surface area (Å²) in [6.45, 7) is 0. The molecule has 0 spiro atoms. The van der Waals surface area contributed by atoms with Gasteiger partial charge in [-0.2, -0.15) is 0 Å². The van der Waals surface area contributed by atoms with Crippen molar-refractivity contribution in [3.8, 4) is 5.75 Å². The number of phenolic OH excluding ortho intramolecular Hbond substituents is 1. The van der Waals surface area contributed by atoms with Gasteiger partial charge in [-0.05, 0) is 40.1 Å². The summed E-state index contributed by atoms with van der Waals surface area (Å²) in [5.74, 6) is 0.411. The second kappa shape index (κ2) is 3.74. The van der Waals surface area contributed by atoms with Crippen molar-refractivity contribution in [2.45, 2.75) is 5.33 Å². The number of fused-ring (bicyclic) bond motifs is 1. The van der Waals surface area contributed by atoms with Crippen LogP contribution in [0.5, 0.6) is 5.75 Å². The molecule has 0 aliphatic heterocycles. The van der Waals surface area contributed by atoms with Gasteiger partial charge in [0.1, 0.15) is 5.75 Å². The van der Waals surface area contributed by atoms with Crippen LogP contribution >= 0.6 is 49.9 Å². The van der Waals surface area contributed by atoms with Crippen LogP contribution in [0.2, 0.25) is 0 Å². The molecule has 2 aromatic rings. The SMILES string of the molecule is Oc1c(CBr)cc(I)c2sccc12. The molecule has 0 bridgehead atoms. The second-order valence-electron chi connectivity index (χ2n) is 2.66. The van der Waals surface area contributed by atoms with Crippen LogP contribution in [0.25, 0.3) is 10.1 Å². The number of rotatable bonds is 1. The highest BCUT2D eigenvalue weighted by Crippen LogP contribution is 2.36. The van der Waals surface area contributed by atoms with E-state index in [1.807, 2.05) is 17.5 Å². The van der Waals surface area contributed by atoms with Crippen molar-refractivity contribution >= 4 is 59.9 Å². The van der Waals surface area contributed by atoms with E-state index in [4.69, 9.17) is 0 Å². The Labute approximate surface area is 102 Å². The lowest BCUT2D eigenvalue weighted by Crippen LogP contribution is -1.82. The summed E-state index contributed by atoms with van der Waals surface area (Å²) in [7, 11) is 0. The van der Waals surface area contributed by atoms with Crippen LogP contribution in [0.1, 0.15) is 5.56 Å². The predicted molar refractivity (Wildman–Crippen MR) is 68.8 cm³/mol. The fourth-order valence-electron chi connectivity index (χ4n) is 1.24. The van der Waals surface area contributed by atoms with Crippen molar-refractivity contribution in [3.05, 3.63) is 26.6 Å². The quantitative estimate of drug-likeness (QED) is 0.593. The second-order valence-corrected chi connectivity index (χ2v) is 5.30. The van der Waals surface area contributed by atoms with Crippen LogP contribution in [0, 0.1) is 3.57 Å². The molecule has 1 heterocycles. The zero-order valence-corrected chi connectivity index (χ0v) is 11.1. The Morgan fingerprint density at radius 1 is 1.54 bits per heavy atom. The summed E-state index contributed by atoms with van der Waals surface area (Å²) in [4.78, 5) is 0. The van der Waals surface area contributed by atoms with Crippen LogP contribution in [0.4, 0.5) is 0 Å². The lowest BCUT2D eigenvalue weighted by molar-refractivity contribution is 0.477. The van der Waals surface area contributed by atoms with Gasteiger partial charge in [-0.25, -0.2) is 0 Å². The highest BCUT2D eigenvalue weighted by Gasteiger charge is 2.09. The monoisotopic (exact) mass is 368 g/mol. The third kappa shape index (κ3) is 1.59. The molecule has 0 atom stereocenters. The summed E-state index contributed by atoms with van der Waals surface area (Å²) < 4.78 is 2.37. The van der Waals surface area contributed by atoms with Gasteiger partial charge in [-0.1, -0.05) is 15.9 Å². The Morgan fingerprint density at radius 2 is 2.31 bits per heavy atom. The van der Waals surface area contributed by atoms with Crippen molar-refractivity contribution in [2.75, 3.05) is 0 Å². The number of aromatic hydroxyl groups is 1. The first-order chi connectivity index (χ1) is 6.24. The first kappa shape index (κ1) is 9.73. The molecule has 0 unspecified atom stereocenters. The molecule has 0 amide bonds. The van der Waals surface area contributed by atoms with E-state index in [0.29, 0.717) is 11.1 Å². The molecule has 0 saturated heterocycles. The molecule has 0 aliphatic rings. The van der Waals surface area contributed by atoms with E-state index >= 15 is 0 Å². The minimum Gasteiger partial charge on any atom is -0.507 e. The van der Waals surface area contributed by atoms with Gasteiger partial charge < -0.3 is 5.11 Å². The van der Waals surface area contributed by atoms with E-state index in [1.165, 1.54) is 8.27 Å². The molecule has 4 heteroatoms. The number of halogens is 2. The topological polar surface area (TPSA) is 20.2 Å². The summed E-state index contributed by atoms with van der Waals surface area (Å²) in [6, 6.07) is 3.98. The molecule has 0 fully saturated rings. The number of thiophene rings is 1. The predicted octanol–water partition coefficient (Wildman–Crippen LogP) is 4.11. The Kier molecular flexibility index (Phi) is 2.80. The zero-order valence-electron chi connectivity index (χ0n) is 6.55. The van der Waals surface area contributed by atoms with E-state index in [0.717, 1.165) is 10.9 Å². The van der Waals surface area contributed by atoms with Crippen LogP contribution in [0.15, 0.2) is 17.5 Å². The van der Waals surface area contributed by atoms with Gasteiger partial charge in [-0.3, -0.25) is 0 Å². The number of phenols is 1. The van der Waals surface area contributed by atoms with E-state index in [-0.39, 0.29) is 0 Å². The Hall–Kier alpha value is 0.190. The molecule has 0 aliphatic carbocycles. The summed E-state index contributed by atoms with van der Waals surface area (Å²) in [5, 5.41) is 13.5.